The predicted octanol–water partition coefficient (Wildman–Crippen LogP) is 3.87. The van der Waals surface area contributed by atoms with Gasteiger partial charge in [0.05, 0.1) is 0 Å². The molecule has 1 aromatic carbocycles. The van der Waals surface area contributed by atoms with Crippen LogP contribution in [0.2, 0.25) is 0 Å². The summed E-state index contributed by atoms with van der Waals surface area (Å²) in [5.41, 5.74) is 1.93. The third-order valence-electron chi connectivity index (χ3n) is 3.37. The number of rotatable bonds is 5. The first kappa shape index (κ1) is 14.9. The highest BCUT2D eigenvalue weighted by Crippen LogP contribution is 2.29. The molecule has 1 aliphatic rings. The molecule has 0 atom stereocenters. The van der Waals surface area contributed by atoms with E-state index in [4.69, 9.17) is 4.74 Å². The fourth-order valence-electron chi connectivity index (χ4n) is 2.27. The first-order valence-electron chi connectivity index (χ1n) is 6.54. The van der Waals surface area contributed by atoms with E-state index in [0.717, 1.165) is 37.2 Å². The van der Waals surface area contributed by atoms with Crippen LogP contribution in [-0.2, 0) is 0 Å². The third-order valence-corrected chi connectivity index (χ3v) is 3.37. The molecule has 1 heterocycles. The number of nitrogens with zero attached hydrogens (tertiary/aromatic N) is 1. The van der Waals surface area contributed by atoms with E-state index in [1.165, 1.54) is 0 Å². The van der Waals surface area contributed by atoms with Crippen LogP contribution in [-0.4, -0.2) is 32.0 Å². The van der Waals surface area contributed by atoms with Gasteiger partial charge in [0.2, 0.25) is 0 Å². The van der Waals surface area contributed by atoms with E-state index in [0.29, 0.717) is 0 Å². The van der Waals surface area contributed by atoms with Crippen LogP contribution in [0.4, 0.5) is 23.2 Å². The summed E-state index contributed by atoms with van der Waals surface area (Å²) in [5.74, 6) is -3.94. The van der Waals surface area contributed by atoms with Crippen molar-refractivity contribution in [1.29, 1.82) is 0 Å². The minimum absolute atomic E-state index is 0.186. The summed E-state index contributed by atoms with van der Waals surface area (Å²) in [4.78, 5) is 2.22. The molecule has 0 amide bonds. The quantitative estimate of drug-likeness (QED) is 0.763. The lowest BCUT2D eigenvalue weighted by Gasteiger charge is -2.21. The second-order valence-electron chi connectivity index (χ2n) is 4.99. The van der Waals surface area contributed by atoms with Crippen molar-refractivity contribution in [3.05, 3.63) is 23.8 Å². The van der Waals surface area contributed by atoms with Gasteiger partial charge >= 0.3 is 12.3 Å². The summed E-state index contributed by atoms with van der Waals surface area (Å²) in [7, 11) is 0. The molecule has 0 saturated carbocycles. The number of ether oxygens (including phenoxy) is 1. The van der Waals surface area contributed by atoms with Crippen LogP contribution in [0.5, 0.6) is 5.75 Å². The zero-order chi connectivity index (χ0) is 14.8. The maximum absolute atomic E-state index is 12.8. The average Bonchev–Trinajstić information content (AvgIpc) is 2.90. The Bertz CT molecular complexity index is 458. The Morgan fingerprint density at radius 1 is 1.25 bits per heavy atom. The van der Waals surface area contributed by atoms with Gasteiger partial charge in [-0.05, 0) is 43.5 Å². The molecule has 1 saturated heterocycles. The molecule has 2 rings (SSSR count). The summed E-state index contributed by atoms with van der Waals surface area (Å²) >= 11 is 0. The zero-order valence-electron chi connectivity index (χ0n) is 11.2. The summed E-state index contributed by atoms with van der Waals surface area (Å²) in [6, 6.07) is 4.94. The summed E-state index contributed by atoms with van der Waals surface area (Å²) in [5, 5.41) is 0. The van der Waals surface area contributed by atoms with Crippen molar-refractivity contribution < 1.29 is 22.3 Å². The third kappa shape index (κ3) is 3.35. The van der Waals surface area contributed by atoms with E-state index < -0.39 is 19.0 Å². The number of hydrogen-bond acceptors (Lipinski definition) is 2. The summed E-state index contributed by atoms with van der Waals surface area (Å²) in [6.07, 6.45) is -1.44. The van der Waals surface area contributed by atoms with Gasteiger partial charge in [0, 0.05) is 18.8 Å². The lowest BCUT2D eigenvalue weighted by Crippen LogP contribution is -2.33. The molecule has 0 spiro atoms. The molecule has 0 bridgehead atoms. The fraction of sp³-hybridized carbons (Fsp3) is 0.571. The highest BCUT2D eigenvalue weighted by molar-refractivity contribution is 5.56. The highest BCUT2D eigenvalue weighted by atomic mass is 19.3. The topological polar surface area (TPSA) is 12.5 Å². The summed E-state index contributed by atoms with van der Waals surface area (Å²) in [6.45, 7) is 2.49. The Hall–Kier alpha value is -1.46. The monoisotopic (exact) mass is 291 g/mol. The Morgan fingerprint density at radius 3 is 2.45 bits per heavy atom. The number of alkyl halides is 4. The van der Waals surface area contributed by atoms with Gasteiger partial charge in [0.1, 0.15) is 5.75 Å². The standard InChI is InChI=1S/C14H17F4NO/c1-10-8-11(20-9-14(17,18)13(15)16)4-5-12(10)19-6-2-3-7-19/h4-5,8,13H,2-3,6-7,9H2,1H3. The van der Waals surface area contributed by atoms with Gasteiger partial charge in [-0.25, -0.2) is 8.78 Å². The molecule has 2 nitrogen and oxygen atoms in total. The normalized spacial score (nSPS) is 16.0. The molecular weight excluding hydrogens is 274 g/mol. The Balaban J connectivity index is 2.02. The van der Waals surface area contributed by atoms with Crippen LogP contribution >= 0.6 is 0 Å². The van der Waals surface area contributed by atoms with Crippen LogP contribution in [0.25, 0.3) is 0 Å². The molecule has 0 radical (unpaired) electrons. The van der Waals surface area contributed by atoms with Gasteiger partial charge in [-0.3, -0.25) is 0 Å². The Labute approximate surface area is 115 Å². The van der Waals surface area contributed by atoms with Crippen LogP contribution in [0.3, 0.4) is 0 Å². The van der Waals surface area contributed by atoms with Crippen LogP contribution in [0.1, 0.15) is 18.4 Å². The summed E-state index contributed by atoms with van der Waals surface area (Å²) < 4.78 is 54.4. The SMILES string of the molecule is Cc1cc(OCC(F)(F)C(F)F)ccc1N1CCCC1. The molecule has 0 N–H and O–H groups in total. The van der Waals surface area contributed by atoms with E-state index in [1.807, 2.05) is 6.92 Å². The first-order valence-corrected chi connectivity index (χ1v) is 6.54. The van der Waals surface area contributed by atoms with Gasteiger partial charge in [0.15, 0.2) is 6.61 Å². The molecule has 1 fully saturated rings. The minimum Gasteiger partial charge on any atom is -0.487 e. The molecule has 6 heteroatoms. The van der Waals surface area contributed by atoms with Gasteiger partial charge in [-0.1, -0.05) is 0 Å². The number of anilines is 1. The largest absolute Gasteiger partial charge is 0.487 e. The van der Waals surface area contributed by atoms with Gasteiger partial charge in [-0.15, -0.1) is 0 Å². The Morgan fingerprint density at radius 2 is 1.90 bits per heavy atom. The lowest BCUT2D eigenvalue weighted by molar-refractivity contribution is -0.148. The van der Waals surface area contributed by atoms with Gasteiger partial charge < -0.3 is 9.64 Å². The number of aryl methyl sites for hydroxylation is 1. The second-order valence-corrected chi connectivity index (χ2v) is 4.99. The second kappa shape index (κ2) is 5.89. The van der Waals surface area contributed by atoms with Crippen LogP contribution < -0.4 is 9.64 Å². The fourth-order valence-corrected chi connectivity index (χ4v) is 2.27. The molecule has 0 aromatic heterocycles. The van der Waals surface area contributed by atoms with Crippen molar-refractivity contribution in [2.45, 2.75) is 32.1 Å². The number of hydrogen-bond donors (Lipinski definition) is 0. The smallest absolute Gasteiger partial charge is 0.340 e. The maximum Gasteiger partial charge on any atom is 0.340 e. The highest BCUT2D eigenvalue weighted by Gasteiger charge is 2.41. The maximum atomic E-state index is 12.8. The van der Waals surface area contributed by atoms with Gasteiger partial charge in [0.25, 0.3) is 0 Å². The van der Waals surface area contributed by atoms with E-state index >= 15 is 0 Å². The van der Waals surface area contributed by atoms with E-state index in [2.05, 4.69) is 4.90 Å². The van der Waals surface area contributed by atoms with Crippen molar-refractivity contribution in [3.8, 4) is 5.75 Å². The Kier molecular flexibility index (Phi) is 4.40. The van der Waals surface area contributed by atoms with E-state index in [1.54, 1.807) is 18.2 Å². The zero-order valence-corrected chi connectivity index (χ0v) is 11.2. The van der Waals surface area contributed by atoms with E-state index in [9.17, 15) is 17.6 Å². The molecular formula is C14H17F4NO. The molecule has 1 aliphatic heterocycles. The van der Waals surface area contributed by atoms with Crippen molar-refractivity contribution in [1.82, 2.24) is 0 Å². The molecule has 0 unspecified atom stereocenters. The van der Waals surface area contributed by atoms with Crippen LogP contribution in [0, 0.1) is 6.92 Å². The van der Waals surface area contributed by atoms with Crippen molar-refractivity contribution in [2.24, 2.45) is 0 Å². The molecule has 112 valence electrons. The minimum atomic E-state index is -4.12. The van der Waals surface area contributed by atoms with E-state index in [-0.39, 0.29) is 5.75 Å². The van der Waals surface area contributed by atoms with Crippen LogP contribution in [0.15, 0.2) is 18.2 Å². The first-order chi connectivity index (χ1) is 9.40. The molecule has 20 heavy (non-hydrogen) atoms. The lowest BCUT2D eigenvalue weighted by atomic mass is 10.1. The van der Waals surface area contributed by atoms with Gasteiger partial charge in [-0.2, -0.15) is 8.78 Å². The average molecular weight is 291 g/mol. The predicted molar refractivity (Wildman–Crippen MR) is 69.1 cm³/mol. The molecule has 0 aliphatic carbocycles. The number of halogens is 4. The van der Waals surface area contributed by atoms with Crippen molar-refractivity contribution >= 4 is 5.69 Å². The molecule has 1 aromatic rings. The number of benzene rings is 1. The van der Waals surface area contributed by atoms with Crippen molar-refractivity contribution in [2.75, 3.05) is 24.6 Å². The van der Waals surface area contributed by atoms with Crippen molar-refractivity contribution in [3.63, 3.8) is 0 Å².